The summed E-state index contributed by atoms with van der Waals surface area (Å²) >= 11 is 0. The van der Waals surface area contributed by atoms with E-state index in [0.29, 0.717) is 6.61 Å². The fourth-order valence-corrected chi connectivity index (χ4v) is 1.79. The Bertz CT molecular complexity index is 348. The molecule has 82 valence electrons. The first-order chi connectivity index (χ1) is 7.26. The molecule has 2 rings (SSSR count). The lowest BCUT2D eigenvalue weighted by molar-refractivity contribution is 0.260. The molecule has 4 heteroatoms. The van der Waals surface area contributed by atoms with Crippen molar-refractivity contribution < 1.29 is 14.2 Å². The minimum Gasteiger partial charge on any atom is -0.496 e. The van der Waals surface area contributed by atoms with Crippen molar-refractivity contribution in [2.75, 3.05) is 20.8 Å². The Morgan fingerprint density at radius 3 is 2.80 bits per heavy atom. The van der Waals surface area contributed by atoms with Gasteiger partial charge in [-0.05, 0) is 0 Å². The summed E-state index contributed by atoms with van der Waals surface area (Å²) < 4.78 is 16.0. The monoisotopic (exact) mass is 209 g/mol. The molecule has 1 aliphatic heterocycles. The predicted octanol–water partition coefficient (Wildman–Crippen LogP) is 1.49. The lowest BCUT2D eigenvalue weighted by Gasteiger charge is -2.25. The summed E-state index contributed by atoms with van der Waals surface area (Å²) in [6.07, 6.45) is 0.815. The molecule has 0 amide bonds. The van der Waals surface area contributed by atoms with Gasteiger partial charge < -0.3 is 19.9 Å². The Labute approximate surface area is 88.9 Å². The van der Waals surface area contributed by atoms with Crippen LogP contribution in [0.5, 0.6) is 17.2 Å². The summed E-state index contributed by atoms with van der Waals surface area (Å²) in [5, 5.41) is 0. The molecule has 0 unspecified atom stereocenters. The average molecular weight is 209 g/mol. The Morgan fingerprint density at radius 2 is 2.13 bits per heavy atom. The normalized spacial score (nSPS) is 19.0. The lowest BCUT2D eigenvalue weighted by Crippen LogP contribution is -2.21. The number of methoxy groups -OCH3 is 2. The van der Waals surface area contributed by atoms with Gasteiger partial charge in [0.15, 0.2) is 0 Å². The Hall–Kier alpha value is -1.42. The molecule has 0 fully saturated rings. The minimum absolute atomic E-state index is 0.0189. The van der Waals surface area contributed by atoms with Crippen LogP contribution in [0, 0.1) is 0 Å². The van der Waals surface area contributed by atoms with E-state index >= 15 is 0 Å². The highest BCUT2D eigenvalue weighted by molar-refractivity contribution is 5.53. The zero-order valence-electron chi connectivity index (χ0n) is 8.95. The average Bonchev–Trinajstić information content (AvgIpc) is 2.27. The van der Waals surface area contributed by atoms with Crippen molar-refractivity contribution in [3.8, 4) is 17.2 Å². The van der Waals surface area contributed by atoms with Gasteiger partial charge in [0.05, 0.1) is 26.4 Å². The fraction of sp³-hybridized carbons (Fsp3) is 0.455. The summed E-state index contributed by atoms with van der Waals surface area (Å²) in [6.45, 7) is 0.643. The van der Waals surface area contributed by atoms with Crippen LogP contribution in [0.3, 0.4) is 0 Å². The van der Waals surface area contributed by atoms with E-state index in [4.69, 9.17) is 19.9 Å². The van der Waals surface area contributed by atoms with Crippen molar-refractivity contribution >= 4 is 0 Å². The number of nitrogens with two attached hydrogens (primary N) is 1. The third kappa shape index (κ3) is 1.72. The highest BCUT2D eigenvalue weighted by atomic mass is 16.5. The molecule has 15 heavy (non-hydrogen) atoms. The van der Waals surface area contributed by atoms with Crippen LogP contribution in [0.15, 0.2) is 12.1 Å². The molecular formula is C11H15NO3. The molecule has 0 aliphatic carbocycles. The van der Waals surface area contributed by atoms with E-state index in [2.05, 4.69) is 0 Å². The van der Waals surface area contributed by atoms with Gasteiger partial charge in [-0.3, -0.25) is 0 Å². The third-order valence-electron chi connectivity index (χ3n) is 2.59. The smallest absolute Gasteiger partial charge is 0.131 e. The Kier molecular flexibility index (Phi) is 2.68. The molecule has 0 saturated heterocycles. The van der Waals surface area contributed by atoms with Crippen molar-refractivity contribution in [3.05, 3.63) is 17.7 Å². The van der Waals surface area contributed by atoms with Crippen LogP contribution in [0.4, 0.5) is 0 Å². The first-order valence-corrected chi connectivity index (χ1v) is 4.90. The maximum Gasteiger partial charge on any atom is 0.131 e. The van der Waals surface area contributed by atoms with Crippen molar-refractivity contribution in [1.82, 2.24) is 0 Å². The summed E-state index contributed by atoms with van der Waals surface area (Å²) in [5.41, 5.74) is 6.95. The Morgan fingerprint density at radius 1 is 1.33 bits per heavy atom. The second kappa shape index (κ2) is 3.98. The molecule has 0 saturated carbocycles. The SMILES string of the molecule is COc1cc(OC)c2c(c1)OCC[C@H]2N. The van der Waals surface area contributed by atoms with Crippen molar-refractivity contribution in [2.24, 2.45) is 5.73 Å². The standard InChI is InChI=1S/C11H15NO3/c1-13-7-5-9(14-2)11-8(12)3-4-15-10(11)6-7/h5-6,8H,3-4,12H2,1-2H3/t8-/m1/s1. The summed E-state index contributed by atoms with van der Waals surface area (Å²) in [6, 6.07) is 3.65. The van der Waals surface area contributed by atoms with Crippen molar-refractivity contribution in [2.45, 2.75) is 12.5 Å². The van der Waals surface area contributed by atoms with Crippen LogP contribution in [-0.4, -0.2) is 20.8 Å². The van der Waals surface area contributed by atoms with Gasteiger partial charge in [0.25, 0.3) is 0 Å². The van der Waals surface area contributed by atoms with Crippen molar-refractivity contribution in [1.29, 1.82) is 0 Å². The predicted molar refractivity (Wildman–Crippen MR) is 56.6 cm³/mol. The molecule has 1 aliphatic rings. The quantitative estimate of drug-likeness (QED) is 0.801. The first-order valence-electron chi connectivity index (χ1n) is 4.90. The van der Waals surface area contributed by atoms with Crippen LogP contribution < -0.4 is 19.9 Å². The first kappa shape index (κ1) is 10.1. The van der Waals surface area contributed by atoms with E-state index in [0.717, 1.165) is 29.2 Å². The molecule has 0 spiro atoms. The second-order valence-electron chi connectivity index (χ2n) is 3.49. The molecule has 1 atom stereocenters. The van der Waals surface area contributed by atoms with Gasteiger partial charge >= 0.3 is 0 Å². The maximum atomic E-state index is 6.01. The van der Waals surface area contributed by atoms with E-state index in [9.17, 15) is 0 Å². The lowest BCUT2D eigenvalue weighted by atomic mass is 10.00. The topological polar surface area (TPSA) is 53.7 Å². The fourth-order valence-electron chi connectivity index (χ4n) is 1.79. The number of rotatable bonds is 2. The molecule has 0 aromatic heterocycles. The molecule has 4 nitrogen and oxygen atoms in total. The van der Waals surface area contributed by atoms with E-state index in [1.54, 1.807) is 14.2 Å². The highest BCUT2D eigenvalue weighted by Crippen LogP contribution is 2.40. The summed E-state index contributed by atoms with van der Waals surface area (Å²) in [5.74, 6) is 2.22. The largest absolute Gasteiger partial charge is 0.496 e. The van der Waals surface area contributed by atoms with Crippen LogP contribution in [0.1, 0.15) is 18.0 Å². The van der Waals surface area contributed by atoms with Crippen LogP contribution in [0.25, 0.3) is 0 Å². The molecule has 0 bridgehead atoms. The van der Waals surface area contributed by atoms with Gasteiger partial charge in [-0.1, -0.05) is 0 Å². The van der Waals surface area contributed by atoms with Gasteiger partial charge in [0.1, 0.15) is 17.2 Å². The Balaban J connectivity index is 2.52. The number of hydrogen-bond acceptors (Lipinski definition) is 4. The zero-order valence-corrected chi connectivity index (χ0v) is 8.95. The van der Waals surface area contributed by atoms with Crippen molar-refractivity contribution in [3.63, 3.8) is 0 Å². The molecule has 0 radical (unpaired) electrons. The molecular weight excluding hydrogens is 194 g/mol. The number of benzene rings is 1. The molecule has 2 N–H and O–H groups in total. The summed E-state index contributed by atoms with van der Waals surface area (Å²) in [4.78, 5) is 0. The van der Waals surface area contributed by atoms with E-state index in [1.807, 2.05) is 12.1 Å². The van der Waals surface area contributed by atoms with E-state index < -0.39 is 0 Å². The van der Waals surface area contributed by atoms with E-state index in [-0.39, 0.29) is 6.04 Å². The number of fused-ring (bicyclic) bond motifs is 1. The maximum absolute atomic E-state index is 6.01. The van der Waals surface area contributed by atoms with Crippen LogP contribution in [0.2, 0.25) is 0 Å². The second-order valence-corrected chi connectivity index (χ2v) is 3.49. The molecule has 1 aromatic rings. The van der Waals surface area contributed by atoms with E-state index in [1.165, 1.54) is 0 Å². The van der Waals surface area contributed by atoms with Crippen LogP contribution in [-0.2, 0) is 0 Å². The summed E-state index contributed by atoms with van der Waals surface area (Å²) in [7, 11) is 3.24. The van der Waals surface area contributed by atoms with Crippen LogP contribution >= 0.6 is 0 Å². The third-order valence-corrected chi connectivity index (χ3v) is 2.59. The highest BCUT2D eigenvalue weighted by Gasteiger charge is 2.23. The number of hydrogen-bond donors (Lipinski definition) is 1. The number of ether oxygens (including phenoxy) is 3. The molecule has 1 heterocycles. The van der Waals surface area contributed by atoms with Gasteiger partial charge in [-0.2, -0.15) is 0 Å². The van der Waals surface area contributed by atoms with Gasteiger partial charge in [-0.15, -0.1) is 0 Å². The van der Waals surface area contributed by atoms with Gasteiger partial charge in [0.2, 0.25) is 0 Å². The van der Waals surface area contributed by atoms with Gasteiger partial charge in [-0.25, -0.2) is 0 Å². The minimum atomic E-state index is -0.0189. The molecule has 1 aromatic carbocycles. The zero-order chi connectivity index (χ0) is 10.8. The van der Waals surface area contributed by atoms with Gasteiger partial charge in [0, 0.05) is 24.6 Å².